The summed E-state index contributed by atoms with van der Waals surface area (Å²) in [6.07, 6.45) is 2.70. The van der Waals surface area contributed by atoms with Gasteiger partial charge in [0.05, 0.1) is 0 Å². The zero-order valence-corrected chi connectivity index (χ0v) is 11.9. The molecule has 1 atom stereocenters. The molecule has 2 aromatic carbocycles. The fourth-order valence-electron chi connectivity index (χ4n) is 2.22. The van der Waals surface area contributed by atoms with Crippen LogP contribution in [0.25, 0.3) is 10.8 Å². The van der Waals surface area contributed by atoms with Crippen molar-refractivity contribution in [2.75, 3.05) is 12.4 Å². The number of hydrogen-bond acceptors (Lipinski definition) is 2. The van der Waals surface area contributed by atoms with Gasteiger partial charge in [-0.05, 0) is 29.2 Å². The number of unbranched alkanes of at least 4 members (excludes halogenated alkanes) is 2. The van der Waals surface area contributed by atoms with Crippen molar-refractivity contribution in [2.45, 2.75) is 25.0 Å². The molecule has 2 rings (SSSR count). The molecule has 0 aromatic heterocycles. The number of benzene rings is 2. The molecule has 1 N–H and O–H groups in total. The van der Waals surface area contributed by atoms with Crippen LogP contribution in [0.3, 0.4) is 0 Å². The molecule has 0 aliphatic heterocycles. The van der Waals surface area contributed by atoms with Gasteiger partial charge in [0.1, 0.15) is 0 Å². The highest BCUT2D eigenvalue weighted by Gasteiger charge is 2.05. The third-order valence-electron chi connectivity index (χ3n) is 3.23. The van der Waals surface area contributed by atoms with E-state index in [0.29, 0.717) is 5.75 Å². The minimum atomic E-state index is -0.812. The summed E-state index contributed by atoms with van der Waals surface area (Å²) in [5, 5.41) is 11.1. The van der Waals surface area contributed by atoms with Gasteiger partial charge in [-0.1, -0.05) is 48.9 Å². The maximum Gasteiger partial charge on any atom is 0.0491 e. The normalized spacial score (nSPS) is 12.7. The molecule has 0 saturated carbocycles. The first kappa shape index (κ1) is 14.2. The molecule has 0 bridgehead atoms. The standard InChI is InChI=1S/C16H20O2S/c17-11-4-1-5-12-19(18)13-15-9-6-8-14-7-2-3-10-16(14)15/h2-3,6-10,17H,1,4-5,11-13H2. The second-order valence-corrected chi connectivity index (χ2v) is 6.29. The predicted octanol–water partition coefficient (Wildman–Crippen LogP) is 3.25. The monoisotopic (exact) mass is 276 g/mol. The molecule has 0 fully saturated rings. The SMILES string of the molecule is O=S(CCCCCO)Cc1cccc2ccccc12. The molecule has 0 aliphatic rings. The van der Waals surface area contributed by atoms with Gasteiger partial charge >= 0.3 is 0 Å². The molecule has 1 unspecified atom stereocenters. The Morgan fingerprint density at radius 1 is 0.947 bits per heavy atom. The first-order chi connectivity index (χ1) is 9.31. The van der Waals surface area contributed by atoms with E-state index in [9.17, 15) is 4.21 Å². The van der Waals surface area contributed by atoms with Crippen LogP contribution in [-0.4, -0.2) is 21.7 Å². The molecule has 0 aliphatic carbocycles. The van der Waals surface area contributed by atoms with Crippen LogP contribution in [0.2, 0.25) is 0 Å². The van der Waals surface area contributed by atoms with E-state index in [1.165, 1.54) is 16.3 Å². The lowest BCUT2D eigenvalue weighted by molar-refractivity contribution is 0.284. The molecular weight excluding hydrogens is 256 g/mol. The molecule has 0 radical (unpaired) electrons. The van der Waals surface area contributed by atoms with Crippen molar-refractivity contribution in [3.63, 3.8) is 0 Å². The zero-order valence-electron chi connectivity index (χ0n) is 11.0. The van der Waals surface area contributed by atoms with Crippen LogP contribution in [0.15, 0.2) is 42.5 Å². The van der Waals surface area contributed by atoms with Crippen LogP contribution in [0.4, 0.5) is 0 Å². The van der Waals surface area contributed by atoms with Gasteiger partial charge in [0.2, 0.25) is 0 Å². The number of hydrogen-bond donors (Lipinski definition) is 1. The van der Waals surface area contributed by atoms with Crippen molar-refractivity contribution >= 4 is 21.6 Å². The second kappa shape index (κ2) is 7.41. The van der Waals surface area contributed by atoms with Gasteiger partial charge in [0, 0.05) is 28.9 Å². The molecule has 0 amide bonds. The Bertz CT molecular complexity index is 546. The average Bonchev–Trinajstić information content (AvgIpc) is 2.44. The fraction of sp³-hybridized carbons (Fsp3) is 0.375. The maximum absolute atomic E-state index is 12.1. The largest absolute Gasteiger partial charge is 0.396 e. The van der Waals surface area contributed by atoms with Gasteiger partial charge in [-0.25, -0.2) is 0 Å². The van der Waals surface area contributed by atoms with E-state index < -0.39 is 10.8 Å². The molecule has 2 nitrogen and oxygen atoms in total. The fourth-order valence-corrected chi connectivity index (χ4v) is 3.48. The van der Waals surface area contributed by atoms with E-state index in [1.54, 1.807) is 0 Å². The Morgan fingerprint density at radius 3 is 2.58 bits per heavy atom. The Hall–Kier alpha value is -1.19. The Kier molecular flexibility index (Phi) is 5.55. The van der Waals surface area contributed by atoms with E-state index >= 15 is 0 Å². The van der Waals surface area contributed by atoms with Gasteiger partial charge < -0.3 is 5.11 Å². The van der Waals surface area contributed by atoms with Crippen molar-refractivity contribution in [3.8, 4) is 0 Å². The van der Waals surface area contributed by atoms with Crippen LogP contribution in [0.5, 0.6) is 0 Å². The lowest BCUT2D eigenvalue weighted by Gasteiger charge is -2.06. The summed E-state index contributed by atoms with van der Waals surface area (Å²) in [6.45, 7) is 0.232. The molecule has 19 heavy (non-hydrogen) atoms. The van der Waals surface area contributed by atoms with Gasteiger partial charge in [-0.3, -0.25) is 4.21 Å². The van der Waals surface area contributed by atoms with Crippen molar-refractivity contribution in [3.05, 3.63) is 48.0 Å². The summed E-state index contributed by atoms with van der Waals surface area (Å²) in [5.74, 6) is 1.35. The Balaban J connectivity index is 1.99. The highest BCUT2D eigenvalue weighted by atomic mass is 32.2. The minimum absolute atomic E-state index is 0.232. The topological polar surface area (TPSA) is 37.3 Å². The third-order valence-corrected chi connectivity index (χ3v) is 4.60. The first-order valence-corrected chi connectivity index (χ1v) is 8.22. The smallest absolute Gasteiger partial charge is 0.0491 e. The second-order valence-electron chi connectivity index (χ2n) is 4.71. The van der Waals surface area contributed by atoms with E-state index in [-0.39, 0.29) is 6.61 Å². The van der Waals surface area contributed by atoms with Gasteiger partial charge in [-0.2, -0.15) is 0 Å². The van der Waals surface area contributed by atoms with Crippen molar-refractivity contribution in [1.82, 2.24) is 0 Å². The van der Waals surface area contributed by atoms with Crippen molar-refractivity contribution < 1.29 is 9.32 Å². The number of rotatable bonds is 7. The quantitative estimate of drug-likeness (QED) is 0.788. The summed E-state index contributed by atoms with van der Waals surface area (Å²) >= 11 is 0. The van der Waals surface area contributed by atoms with Crippen LogP contribution in [0, 0.1) is 0 Å². The highest BCUT2D eigenvalue weighted by Crippen LogP contribution is 2.20. The lowest BCUT2D eigenvalue weighted by Crippen LogP contribution is -2.02. The first-order valence-electron chi connectivity index (χ1n) is 6.74. The van der Waals surface area contributed by atoms with E-state index in [1.807, 2.05) is 18.2 Å². The minimum Gasteiger partial charge on any atom is -0.396 e. The Morgan fingerprint density at radius 2 is 1.74 bits per heavy atom. The third kappa shape index (κ3) is 4.15. The van der Waals surface area contributed by atoms with E-state index in [2.05, 4.69) is 24.3 Å². The van der Waals surface area contributed by atoms with Crippen molar-refractivity contribution in [2.24, 2.45) is 0 Å². The molecule has 3 heteroatoms. The van der Waals surface area contributed by atoms with Crippen LogP contribution in [0.1, 0.15) is 24.8 Å². The molecular formula is C16H20O2S. The van der Waals surface area contributed by atoms with Crippen molar-refractivity contribution in [1.29, 1.82) is 0 Å². The summed E-state index contributed by atoms with van der Waals surface area (Å²) in [4.78, 5) is 0. The number of fused-ring (bicyclic) bond motifs is 1. The van der Waals surface area contributed by atoms with Gasteiger partial charge in [0.25, 0.3) is 0 Å². The molecule has 0 spiro atoms. The average molecular weight is 276 g/mol. The number of aliphatic hydroxyl groups is 1. The summed E-state index contributed by atoms with van der Waals surface area (Å²) in [7, 11) is -0.812. The van der Waals surface area contributed by atoms with E-state index in [0.717, 1.165) is 25.0 Å². The number of aliphatic hydroxyl groups excluding tert-OH is 1. The molecule has 0 heterocycles. The summed E-state index contributed by atoms with van der Waals surface area (Å²) < 4.78 is 12.1. The predicted molar refractivity (Wildman–Crippen MR) is 81.6 cm³/mol. The summed E-state index contributed by atoms with van der Waals surface area (Å²) in [5.41, 5.74) is 1.17. The van der Waals surface area contributed by atoms with E-state index in [4.69, 9.17) is 5.11 Å². The maximum atomic E-state index is 12.1. The zero-order chi connectivity index (χ0) is 13.5. The molecule has 0 saturated heterocycles. The summed E-state index contributed by atoms with van der Waals surface area (Å²) in [6, 6.07) is 14.4. The van der Waals surface area contributed by atoms with Crippen LogP contribution < -0.4 is 0 Å². The molecule has 102 valence electrons. The molecule has 2 aromatic rings. The highest BCUT2D eigenvalue weighted by molar-refractivity contribution is 7.84. The van der Waals surface area contributed by atoms with Gasteiger partial charge in [-0.15, -0.1) is 0 Å². The van der Waals surface area contributed by atoms with Crippen LogP contribution >= 0.6 is 0 Å². The lowest BCUT2D eigenvalue weighted by atomic mass is 10.1. The van der Waals surface area contributed by atoms with Gasteiger partial charge in [0.15, 0.2) is 0 Å². The van der Waals surface area contributed by atoms with Crippen LogP contribution in [-0.2, 0) is 16.6 Å². The Labute approximate surface area is 116 Å².